The Labute approximate surface area is 109 Å². The zero-order chi connectivity index (χ0) is 12.6. The normalized spacial score (nSPS) is 30.9. The van der Waals surface area contributed by atoms with Gasteiger partial charge in [-0.3, -0.25) is 4.79 Å². The number of nitrogens with zero attached hydrogens (tertiary/aromatic N) is 1. The highest BCUT2D eigenvalue weighted by molar-refractivity contribution is 5.77. The number of likely N-dealkylation sites (tertiary alicyclic amines) is 1. The Balaban J connectivity index is 1.37. The Bertz CT molecular complexity index is 316. The van der Waals surface area contributed by atoms with Crippen LogP contribution in [-0.2, 0) is 9.53 Å². The van der Waals surface area contributed by atoms with Crippen molar-refractivity contribution in [3.8, 4) is 0 Å². The number of amides is 1. The summed E-state index contributed by atoms with van der Waals surface area (Å²) in [4.78, 5) is 13.9. The second-order valence-electron chi connectivity index (χ2n) is 6.28. The van der Waals surface area contributed by atoms with E-state index in [0.29, 0.717) is 18.4 Å². The van der Waals surface area contributed by atoms with Crippen molar-refractivity contribution in [1.29, 1.82) is 0 Å². The first-order valence-electron chi connectivity index (χ1n) is 7.36. The van der Waals surface area contributed by atoms with Crippen LogP contribution in [0.4, 0.5) is 0 Å². The van der Waals surface area contributed by atoms with Gasteiger partial charge in [-0.1, -0.05) is 0 Å². The van der Waals surface area contributed by atoms with Gasteiger partial charge in [0.15, 0.2) is 0 Å². The molecular weight excluding hydrogens is 228 g/mol. The van der Waals surface area contributed by atoms with E-state index in [9.17, 15) is 4.79 Å². The SMILES string of the molecule is NC1(C2CC2)CN(C(=O)CCC2CCCCO2)C1. The van der Waals surface area contributed by atoms with Crippen molar-refractivity contribution in [1.82, 2.24) is 4.90 Å². The lowest BCUT2D eigenvalue weighted by Crippen LogP contribution is -2.69. The molecule has 2 heterocycles. The maximum Gasteiger partial charge on any atom is 0.222 e. The second kappa shape index (κ2) is 4.82. The van der Waals surface area contributed by atoms with E-state index in [2.05, 4.69) is 0 Å². The van der Waals surface area contributed by atoms with Gasteiger partial charge >= 0.3 is 0 Å². The summed E-state index contributed by atoms with van der Waals surface area (Å²) in [7, 11) is 0. The smallest absolute Gasteiger partial charge is 0.222 e. The molecule has 1 atom stereocenters. The van der Waals surface area contributed by atoms with Gasteiger partial charge in [-0.2, -0.15) is 0 Å². The molecule has 0 aromatic heterocycles. The van der Waals surface area contributed by atoms with Crippen molar-refractivity contribution >= 4 is 5.91 Å². The number of ether oxygens (including phenoxy) is 1. The summed E-state index contributed by atoms with van der Waals surface area (Å²) >= 11 is 0. The first-order chi connectivity index (χ1) is 8.67. The Morgan fingerprint density at radius 2 is 2.06 bits per heavy atom. The molecule has 0 spiro atoms. The highest BCUT2D eigenvalue weighted by Gasteiger charge is 2.51. The van der Waals surface area contributed by atoms with Crippen molar-refractivity contribution < 1.29 is 9.53 Å². The fourth-order valence-corrected chi connectivity index (χ4v) is 3.23. The predicted octanol–water partition coefficient (Wildman–Crippen LogP) is 1.29. The van der Waals surface area contributed by atoms with E-state index in [4.69, 9.17) is 10.5 Å². The number of hydrogen-bond acceptors (Lipinski definition) is 3. The maximum atomic E-state index is 12.0. The third kappa shape index (κ3) is 2.54. The zero-order valence-corrected chi connectivity index (χ0v) is 11.1. The van der Waals surface area contributed by atoms with E-state index < -0.39 is 0 Å². The molecule has 1 amide bonds. The topological polar surface area (TPSA) is 55.6 Å². The summed E-state index contributed by atoms with van der Waals surface area (Å²) < 4.78 is 5.65. The number of hydrogen-bond donors (Lipinski definition) is 1. The van der Waals surface area contributed by atoms with Crippen LogP contribution in [-0.4, -0.2) is 42.1 Å². The lowest BCUT2D eigenvalue weighted by Gasteiger charge is -2.48. The van der Waals surface area contributed by atoms with Crippen molar-refractivity contribution in [2.24, 2.45) is 11.7 Å². The van der Waals surface area contributed by atoms with Gasteiger partial charge in [-0.25, -0.2) is 0 Å². The average Bonchev–Trinajstić information content (AvgIpc) is 3.18. The molecule has 1 aliphatic carbocycles. The first-order valence-corrected chi connectivity index (χ1v) is 7.36. The lowest BCUT2D eigenvalue weighted by molar-refractivity contribution is -0.140. The molecule has 2 saturated heterocycles. The third-order valence-corrected chi connectivity index (χ3v) is 4.67. The van der Waals surface area contributed by atoms with Crippen LogP contribution in [0.2, 0.25) is 0 Å². The van der Waals surface area contributed by atoms with Gasteiger partial charge in [0.05, 0.1) is 11.6 Å². The zero-order valence-electron chi connectivity index (χ0n) is 11.1. The van der Waals surface area contributed by atoms with Crippen LogP contribution in [0.25, 0.3) is 0 Å². The van der Waals surface area contributed by atoms with Gasteiger partial charge in [0, 0.05) is 26.1 Å². The quantitative estimate of drug-likeness (QED) is 0.820. The summed E-state index contributed by atoms with van der Waals surface area (Å²) in [6.45, 7) is 2.43. The monoisotopic (exact) mass is 252 g/mol. The molecule has 4 nitrogen and oxygen atoms in total. The van der Waals surface area contributed by atoms with Crippen LogP contribution < -0.4 is 5.73 Å². The van der Waals surface area contributed by atoms with Gasteiger partial charge in [0.2, 0.25) is 5.91 Å². The Morgan fingerprint density at radius 1 is 1.28 bits per heavy atom. The molecule has 2 N–H and O–H groups in total. The van der Waals surface area contributed by atoms with Crippen molar-refractivity contribution in [2.45, 2.75) is 56.6 Å². The highest BCUT2D eigenvalue weighted by Crippen LogP contribution is 2.43. The fraction of sp³-hybridized carbons (Fsp3) is 0.929. The average molecular weight is 252 g/mol. The van der Waals surface area contributed by atoms with E-state index in [1.165, 1.54) is 25.7 Å². The van der Waals surface area contributed by atoms with Gasteiger partial charge in [-0.05, 0) is 44.4 Å². The van der Waals surface area contributed by atoms with Crippen molar-refractivity contribution in [3.05, 3.63) is 0 Å². The summed E-state index contributed by atoms with van der Waals surface area (Å²) in [5.41, 5.74) is 6.21. The molecule has 3 fully saturated rings. The van der Waals surface area contributed by atoms with Crippen LogP contribution in [0.3, 0.4) is 0 Å². The molecule has 2 aliphatic heterocycles. The minimum Gasteiger partial charge on any atom is -0.378 e. The number of carbonyl (C=O) groups excluding carboxylic acids is 1. The molecule has 1 unspecified atom stereocenters. The van der Waals surface area contributed by atoms with E-state index in [0.717, 1.165) is 32.5 Å². The van der Waals surface area contributed by atoms with Crippen LogP contribution in [0.5, 0.6) is 0 Å². The molecule has 0 aromatic carbocycles. The molecule has 18 heavy (non-hydrogen) atoms. The first kappa shape index (κ1) is 12.4. The van der Waals surface area contributed by atoms with Gasteiger partial charge in [0.1, 0.15) is 0 Å². The van der Waals surface area contributed by atoms with Crippen molar-refractivity contribution in [2.75, 3.05) is 19.7 Å². The van der Waals surface area contributed by atoms with Crippen LogP contribution in [0, 0.1) is 5.92 Å². The minimum absolute atomic E-state index is 0.0446. The van der Waals surface area contributed by atoms with E-state index in [1.54, 1.807) is 0 Å². The Hall–Kier alpha value is -0.610. The summed E-state index contributed by atoms with van der Waals surface area (Å²) in [6, 6.07) is 0. The van der Waals surface area contributed by atoms with Crippen molar-refractivity contribution in [3.63, 3.8) is 0 Å². The maximum absolute atomic E-state index is 12.0. The van der Waals surface area contributed by atoms with E-state index in [1.807, 2.05) is 4.90 Å². The fourth-order valence-electron chi connectivity index (χ4n) is 3.23. The summed E-state index contributed by atoms with van der Waals surface area (Å²) in [6.07, 6.45) is 7.89. The van der Waals surface area contributed by atoms with Gasteiger partial charge < -0.3 is 15.4 Å². The highest BCUT2D eigenvalue weighted by atomic mass is 16.5. The summed E-state index contributed by atoms with van der Waals surface area (Å²) in [5, 5.41) is 0. The molecule has 0 radical (unpaired) electrons. The Kier molecular flexibility index (Phi) is 3.32. The molecule has 4 heteroatoms. The van der Waals surface area contributed by atoms with Gasteiger partial charge in [0.25, 0.3) is 0 Å². The molecule has 0 aromatic rings. The molecule has 102 valence electrons. The predicted molar refractivity (Wildman–Crippen MR) is 69.0 cm³/mol. The molecule has 3 rings (SSSR count). The molecule has 0 bridgehead atoms. The Morgan fingerprint density at radius 3 is 2.67 bits per heavy atom. The lowest BCUT2D eigenvalue weighted by atomic mass is 9.85. The molecule has 3 aliphatic rings. The van der Waals surface area contributed by atoms with Crippen LogP contribution >= 0.6 is 0 Å². The summed E-state index contributed by atoms with van der Waals surface area (Å²) in [5.74, 6) is 0.953. The van der Waals surface area contributed by atoms with E-state index in [-0.39, 0.29) is 11.4 Å². The molecule has 1 saturated carbocycles. The number of carbonyl (C=O) groups is 1. The standard InChI is InChI=1S/C14H24N2O2/c15-14(11-4-5-11)9-16(10-14)13(17)7-6-12-3-1-2-8-18-12/h11-12H,1-10,15H2. The third-order valence-electron chi connectivity index (χ3n) is 4.67. The second-order valence-corrected chi connectivity index (χ2v) is 6.28. The minimum atomic E-state index is -0.0446. The van der Waals surface area contributed by atoms with Gasteiger partial charge in [-0.15, -0.1) is 0 Å². The largest absolute Gasteiger partial charge is 0.378 e. The van der Waals surface area contributed by atoms with E-state index >= 15 is 0 Å². The number of nitrogens with two attached hydrogens (primary N) is 1. The number of rotatable bonds is 4. The van der Waals surface area contributed by atoms with Crippen LogP contribution in [0.15, 0.2) is 0 Å². The molecular formula is C14H24N2O2. The van der Waals surface area contributed by atoms with Crippen LogP contribution in [0.1, 0.15) is 44.9 Å².